The van der Waals surface area contributed by atoms with Crippen LogP contribution in [0.4, 0.5) is 9.18 Å². The lowest BCUT2D eigenvalue weighted by Gasteiger charge is -2.12. The third kappa shape index (κ3) is 5.39. The van der Waals surface area contributed by atoms with Gasteiger partial charge in [-0.2, -0.15) is 0 Å². The summed E-state index contributed by atoms with van der Waals surface area (Å²) in [4.78, 5) is 42.4. The lowest BCUT2D eigenvalue weighted by molar-refractivity contribution is -0.123. The predicted molar refractivity (Wildman–Crippen MR) is 120 cm³/mol. The van der Waals surface area contributed by atoms with Gasteiger partial charge in [0.25, 0.3) is 11.1 Å². The van der Waals surface area contributed by atoms with E-state index < -0.39 is 17.0 Å². The van der Waals surface area contributed by atoms with Gasteiger partial charge in [-0.15, -0.1) is 5.10 Å². The molecule has 11 heteroatoms. The SMILES string of the molecule is O=C(CSc1n[nH]c(C2CCCC2)n1)NCCN1C(=O)S/C(=C\c2ccccc2F)C1=O. The highest BCUT2D eigenvalue weighted by atomic mass is 32.2. The van der Waals surface area contributed by atoms with Gasteiger partial charge in [0.2, 0.25) is 11.1 Å². The van der Waals surface area contributed by atoms with Gasteiger partial charge in [-0.05, 0) is 36.7 Å². The zero-order chi connectivity index (χ0) is 22.5. The van der Waals surface area contributed by atoms with Gasteiger partial charge < -0.3 is 5.32 Å². The Labute approximate surface area is 192 Å². The van der Waals surface area contributed by atoms with Crippen LogP contribution in [0.25, 0.3) is 6.08 Å². The summed E-state index contributed by atoms with van der Waals surface area (Å²) >= 11 is 1.99. The molecule has 0 atom stereocenters. The molecule has 2 N–H and O–H groups in total. The van der Waals surface area contributed by atoms with E-state index in [9.17, 15) is 18.8 Å². The molecule has 4 rings (SSSR count). The molecule has 1 saturated heterocycles. The van der Waals surface area contributed by atoms with Crippen molar-refractivity contribution in [1.29, 1.82) is 0 Å². The largest absolute Gasteiger partial charge is 0.354 e. The van der Waals surface area contributed by atoms with Gasteiger partial charge >= 0.3 is 0 Å². The average molecular weight is 476 g/mol. The number of aromatic nitrogens is 3. The number of halogens is 1. The van der Waals surface area contributed by atoms with E-state index >= 15 is 0 Å². The molecule has 1 aliphatic carbocycles. The highest BCUT2D eigenvalue weighted by Gasteiger charge is 2.34. The van der Waals surface area contributed by atoms with Crippen LogP contribution in [0.1, 0.15) is 43.0 Å². The van der Waals surface area contributed by atoms with Gasteiger partial charge in [-0.1, -0.05) is 42.8 Å². The first-order valence-electron chi connectivity index (χ1n) is 10.3. The van der Waals surface area contributed by atoms with Gasteiger partial charge in [0, 0.05) is 24.6 Å². The van der Waals surface area contributed by atoms with E-state index in [1.54, 1.807) is 12.1 Å². The number of hydrogen-bond acceptors (Lipinski definition) is 7. The number of nitrogens with zero attached hydrogens (tertiary/aromatic N) is 3. The number of H-pyrrole nitrogens is 1. The first kappa shape index (κ1) is 22.5. The van der Waals surface area contributed by atoms with Crippen molar-refractivity contribution in [2.24, 2.45) is 0 Å². The van der Waals surface area contributed by atoms with Crippen LogP contribution >= 0.6 is 23.5 Å². The number of hydrogen-bond donors (Lipinski definition) is 2. The molecule has 0 spiro atoms. The second-order valence-corrected chi connectivity index (χ2v) is 9.41. The van der Waals surface area contributed by atoms with E-state index in [0.29, 0.717) is 11.1 Å². The van der Waals surface area contributed by atoms with Crippen molar-refractivity contribution < 1.29 is 18.8 Å². The fourth-order valence-electron chi connectivity index (χ4n) is 3.62. The number of rotatable bonds is 8. The third-order valence-electron chi connectivity index (χ3n) is 5.28. The lowest BCUT2D eigenvalue weighted by atomic mass is 10.1. The van der Waals surface area contributed by atoms with E-state index in [1.165, 1.54) is 42.8 Å². The van der Waals surface area contributed by atoms with Crippen molar-refractivity contribution in [3.63, 3.8) is 0 Å². The maximum atomic E-state index is 13.8. The van der Waals surface area contributed by atoms with Gasteiger partial charge in [0.15, 0.2) is 0 Å². The summed E-state index contributed by atoms with van der Waals surface area (Å²) in [7, 11) is 0. The van der Waals surface area contributed by atoms with E-state index in [1.807, 2.05) is 0 Å². The van der Waals surface area contributed by atoms with Crippen LogP contribution in [0.5, 0.6) is 0 Å². The second-order valence-electron chi connectivity index (χ2n) is 7.48. The van der Waals surface area contributed by atoms with Gasteiger partial charge in [0.1, 0.15) is 11.6 Å². The Kier molecular flexibility index (Phi) is 7.26. The molecular weight excluding hydrogens is 453 g/mol. The topological polar surface area (TPSA) is 108 Å². The Bertz CT molecular complexity index is 1050. The van der Waals surface area contributed by atoms with Gasteiger partial charge in [-0.25, -0.2) is 9.37 Å². The zero-order valence-corrected chi connectivity index (χ0v) is 18.8. The second kappa shape index (κ2) is 10.3. The smallest absolute Gasteiger partial charge is 0.293 e. The zero-order valence-electron chi connectivity index (χ0n) is 17.2. The van der Waals surface area contributed by atoms with Crippen molar-refractivity contribution in [1.82, 2.24) is 25.4 Å². The van der Waals surface area contributed by atoms with Crippen LogP contribution in [0.3, 0.4) is 0 Å². The Balaban J connectivity index is 1.22. The highest BCUT2D eigenvalue weighted by Crippen LogP contribution is 2.33. The van der Waals surface area contributed by atoms with Crippen LogP contribution < -0.4 is 5.32 Å². The minimum Gasteiger partial charge on any atom is -0.354 e. The molecule has 0 unspecified atom stereocenters. The number of carbonyl (C=O) groups is 3. The molecule has 8 nitrogen and oxygen atoms in total. The van der Waals surface area contributed by atoms with Crippen LogP contribution in [0, 0.1) is 5.82 Å². The number of carbonyl (C=O) groups excluding carboxylic acids is 3. The summed E-state index contributed by atoms with van der Waals surface area (Å²) in [6, 6.07) is 6.03. The van der Waals surface area contributed by atoms with Gasteiger partial charge in [0.05, 0.1) is 10.7 Å². The molecule has 3 amide bonds. The molecule has 168 valence electrons. The minimum atomic E-state index is -0.493. The highest BCUT2D eigenvalue weighted by molar-refractivity contribution is 8.18. The standard InChI is InChI=1S/C21H22FN5O3S2/c22-15-8-4-3-7-14(15)11-16-19(29)27(21(30)32-16)10-9-23-17(28)12-31-20-24-18(25-26-20)13-5-1-2-6-13/h3-4,7-8,11,13H,1-2,5-6,9-10,12H2,(H,23,28)(H,24,25,26)/b16-11-. The molecule has 2 aromatic rings. The van der Waals surface area contributed by atoms with Crippen molar-refractivity contribution in [3.05, 3.63) is 46.4 Å². The predicted octanol–water partition coefficient (Wildman–Crippen LogP) is 3.55. The molecule has 2 fully saturated rings. The first-order chi connectivity index (χ1) is 15.5. The summed E-state index contributed by atoms with van der Waals surface area (Å²) in [5, 5.41) is 9.90. The quantitative estimate of drug-likeness (QED) is 0.444. The number of aromatic amines is 1. The summed E-state index contributed by atoms with van der Waals surface area (Å²) in [6.45, 7) is 0.175. The fraction of sp³-hybridized carbons (Fsp3) is 0.381. The summed E-state index contributed by atoms with van der Waals surface area (Å²) in [5.41, 5.74) is 0.242. The number of nitrogens with one attached hydrogen (secondary N) is 2. The molecule has 2 aliphatic rings. The minimum absolute atomic E-state index is 0.0438. The molecule has 0 radical (unpaired) electrons. The Hall–Kier alpha value is -2.66. The fourth-order valence-corrected chi connectivity index (χ4v) is 5.11. The van der Waals surface area contributed by atoms with Gasteiger partial charge in [-0.3, -0.25) is 24.4 Å². The number of amides is 3. The number of thioether (sulfide) groups is 2. The summed E-state index contributed by atoms with van der Waals surface area (Å²) in [5.74, 6) is 0.246. The summed E-state index contributed by atoms with van der Waals surface area (Å²) in [6.07, 6.45) is 6.01. The Morgan fingerprint density at radius 2 is 2.09 bits per heavy atom. The molecule has 1 aromatic carbocycles. The average Bonchev–Trinajstić information content (AvgIpc) is 3.51. The maximum absolute atomic E-state index is 13.8. The summed E-state index contributed by atoms with van der Waals surface area (Å²) < 4.78 is 13.8. The van der Waals surface area contributed by atoms with Crippen LogP contribution in [-0.2, 0) is 9.59 Å². The Morgan fingerprint density at radius 3 is 2.88 bits per heavy atom. The molecular formula is C21H22FN5O3S2. The molecule has 1 saturated carbocycles. The monoisotopic (exact) mass is 475 g/mol. The number of benzene rings is 1. The molecule has 1 aromatic heterocycles. The van der Waals surface area contributed by atoms with Crippen LogP contribution in [0.15, 0.2) is 34.3 Å². The van der Waals surface area contributed by atoms with Crippen molar-refractivity contribution >= 4 is 46.7 Å². The molecule has 2 heterocycles. The van der Waals surface area contributed by atoms with Crippen LogP contribution in [0.2, 0.25) is 0 Å². The lowest BCUT2D eigenvalue weighted by Crippen LogP contribution is -2.37. The van der Waals surface area contributed by atoms with E-state index in [0.717, 1.165) is 35.3 Å². The molecule has 1 aliphatic heterocycles. The third-order valence-corrected chi connectivity index (χ3v) is 7.03. The van der Waals surface area contributed by atoms with E-state index in [4.69, 9.17) is 0 Å². The number of imide groups is 1. The van der Waals surface area contributed by atoms with E-state index in [2.05, 4.69) is 20.5 Å². The molecule has 0 bridgehead atoms. The first-order valence-corrected chi connectivity index (χ1v) is 12.1. The van der Waals surface area contributed by atoms with Crippen LogP contribution in [-0.4, -0.2) is 56.0 Å². The van der Waals surface area contributed by atoms with E-state index in [-0.39, 0.29) is 35.2 Å². The normalized spacial score (nSPS) is 18.2. The Morgan fingerprint density at radius 1 is 1.31 bits per heavy atom. The maximum Gasteiger partial charge on any atom is 0.293 e. The molecule has 32 heavy (non-hydrogen) atoms. The van der Waals surface area contributed by atoms with Crippen molar-refractivity contribution in [2.45, 2.75) is 36.8 Å². The van der Waals surface area contributed by atoms with Crippen molar-refractivity contribution in [2.75, 3.05) is 18.8 Å². The van der Waals surface area contributed by atoms with Crippen molar-refractivity contribution in [3.8, 4) is 0 Å².